The molecule has 0 aromatic carbocycles. The van der Waals surface area contributed by atoms with Gasteiger partial charge in [-0.15, -0.1) is 0 Å². The number of carbonyl (C=O) groups excluding carboxylic acids is 2. The number of carbonyl (C=O) groups is 2. The molecule has 0 radical (unpaired) electrons. The van der Waals surface area contributed by atoms with Crippen LogP contribution in [0.2, 0.25) is 0 Å². The number of rotatable bonds is 4. The van der Waals surface area contributed by atoms with Crippen molar-refractivity contribution in [3.8, 4) is 0 Å². The van der Waals surface area contributed by atoms with Crippen molar-refractivity contribution in [1.29, 1.82) is 0 Å². The highest BCUT2D eigenvalue weighted by Gasteiger charge is 2.25. The summed E-state index contributed by atoms with van der Waals surface area (Å²) in [6.45, 7) is -0.409. The molecule has 0 aromatic rings. The maximum Gasteiger partial charge on any atom is 0.408 e. The van der Waals surface area contributed by atoms with Crippen LogP contribution in [0.15, 0.2) is 11.6 Å². The molecular formula is C13H18Cl3NO4. The van der Waals surface area contributed by atoms with Crippen LogP contribution in [0, 0.1) is 0 Å². The molecule has 0 bridgehead atoms. The predicted molar refractivity (Wildman–Crippen MR) is 81.7 cm³/mol. The quantitative estimate of drug-likeness (QED) is 0.474. The van der Waals surface area contributed by atoms with Gasteiger partial charge >= 0.3 is 12.1 Å². The Morgan fingerprint density at radius 2 is 1.90 bits per heavy atom. The second kappa shape index (κ2) is 8.71. The summed E-state index contributed by atoms with van der Waals surface area (Å²) < 4.78 is 7.71. The lowest BCUT2D eigenvalue weighted by Gasteiger charge is -2.19. The topological polar surface area (TPSA) is 64.6 Å². The van der Waals surface area contributed by atoms with Crippen molar-refractivity contribution in [3.05, 3.63) is 11.6 Å². The number of hydrogen-bond donors (Lipinski definition) is 1. The van der Waals surface area contributed by atoms with Gasteiger partial charge in [-0.2, -0.15) is 0 Å². The fourth-order valence-corrected chi connectivity index (χ4v) is 2.18. The second-order valence-corrected chi connectivity index (χ2v) is 7.24. The molecule has 0 aliphatic heterocycles. The lowest BCUT2D eigenvalue weighted by molar-refractivity contribution is -0.141. The van der Waals surface area contributed by atoms with Crippen LogP contribution in [-0.4, -0.2) is 35.6 Å². The maximum absolute atomic E-state index is 11.7. The summed E-state index contributed by atoms with van der Waals surface area (Å²) in [4.78, 5) is 23.3. The number of hydrogen-bond acceptors (Lipinski definition) is 4. The Morgan fingerprint density at radius 3 is 2.43 bits per heavy atom. The number of allylic oxidation sites excluding steroid dienone is 1. The lowest BCUT2D eigenvalue weighted by Crippen LogP contribution is -2.41. The van der Waals surface area contributed by atoms with E-state index >= 15 is 0 Å². The fourth-order valence-electron chi connectivity index (χ4n) is 2.02. The zero-order valence-corrected chi connectivity index (χ0v) is 13.9. The van der Waals surface area contributed by atoms with Crippen LogP contribution >= 0.6 is 34.8 Å². The van der Waals surface area contributed by atoms with Gasteiger partial charge in [0.25, 0.3) is 0 Å². The van der Waals surface area contributed by atoms with E-state index in [1.54, 1.807) is 6.08 Å². The zero-order chi connectivity index (χ0) is 15.9. The molecule has 1 atom stereocenters. The highest BCUT2D eigenvalue weighted by Crippen LogP contribution is 2.26. The van der Waals surface area contributed by atoms with E-state index in [4.69, 9.17) is 39.5 Å². The maximum atomic E-state index is 11.7. The van der Waals surface area contributed by atoms with Gasteiger partial charge in [0.05, 0.1) is 7.11 Å². The van der Waals surface area contributed by atoms with Gasteiger partial charge in [0.2, 0.25) is 3.79 Å². The number of alkyl halides is 3. The van der Waals surface area contributed by atoms with Crippen molar-refractivity contribution in [1.82, 2.24) is 5.32 Å². The monoisotopic (exact) mass is 357 g/mol. The van der Waals surface area contributed by atoms with Gasteiger partial charge in [-0.1, -0.05) is 52.9 Å². The first-order chi connectivity index (χ1) is 9.81. The fraction of sp³-hybridized carbons (Fsp3) is 0.692. The van der Waals surface area contributed by atoms with Crippen molar-refractivity contribution < 1.29 is 19.1 Å². The van der Waals surface area contributed by atoms with Crippen LogP contribution < -0.4 is 5.32 Å². The molecule has 0 saturated heterocycles. The van der Waals surface area contributed by atoms with Crippen molar-refractivity contribution >= 4 is 46.9 Å². The third-order valence-electron chi connectivity index (χ3n) is 2.99. The summed E-state index contributed by atoms with van der Waals surface area (Å²) in [7, 11) is 1.25. The molecule has 0 spiro atoms. The van der Waals surface area contributed by atoms with E-state index < -0.39 is 28.5 Å². The molecule has 1 fully saturated rings. The summed E-state index contributed by atoms with van der Waals surface area (Å²) >= 11 is 16.4. The number of nitrogens with one attached hydrogen (secondary N) is 1. The Morgan fingerprint density at radius 1 is 1.29 bits per heavy atom. The molecule has 0 heterocycles. The summed E-state index contributed by atoms with van der Waals surface area (Å²) in [6, 6.07) is -0.897. The molecule has 0 aromatic heterocycles. The molecule has 21 heavy (non-hydrogen) atoms. The highest BCUT2D eigenvalue weighted by molar-refractivity contribution is 6.67. The standard InChI is InChI=1S/C13H18Cl3NO4/c1-20-11(18)10(7-9-5-3-2-4-6-9)17-12(19)21-8-13(14,15)16/h7,10H,2-6,8H2,1H3,(H,17,19). The summed E-state index contributed by atoms with van der Waals surface area (Å²) in [5.41, 5.74) is 1.12. The molecule has 1 unspecified atom stereocenters. The van der Waals surface area contributed by atoms with E-state index in [1.165, 1.54) is 13.5 Å². The first kappa shape index (κ1) is 18.4. The first-order valence-corrected chi connectivity index (χ1v) is 7.72. The van der Waals surface area contributed by atoms with E-state index in [9.17, 15) is 9.59 Å². The second-order valence-electron chi connectivity index (χ2n) is 4.72. The smallest absolute Gasteiger partial charge is 0.408 e. The van der Waals surface area contributed by atoms with E-state index in [2.05, 4.69) is 10.1 Å². The lowest BCUT2D eigenvalue weighted by atomic mass is 9.93. The molecule has 1 aliphatic rings. The van der Waals surface area contributed by atoms with Gasteiger partial charge < -0.3 is 14.8 Å². The number of halogens is 3. The van der Waals surface area contributed by atoms with Crippen LogP contribution in [0.5, 0.6) is 0 Å². The number of esters is 1. The predicted octanol–water partition coefficient (Wildman–Crippen LogP) is 3.51. The normalized spacial score (nSPS) is 16.9. The van der Waals surface area contributed by atoms with Crippen LogP contribution in [-0.2, 0) is 14.3 Å². The summed E-state index contributed by atoms with van der Waals surface area (Å²) in [5.74, 6) is -0.570. The average Bonchev–Trinajstić information content (AvgIpc) is 2.44. The van der Waals surface area contributed by atoms with Gasteiger partial charge in [-0.3, -0.25) is 0 Å². The van der Waals surface area contributed by atoms with Crippen molar-refractivity contribution in [3.63, 3.8) is 0 Å². The summed E-state index contributed by atoms with van der Waals surface area (Å²) in [5, 5.41) is 2.40. The highest BCUT2D eigenvalue weighted by atomic mass is 35.6. The average molecular weight is 359 g/mol. The number of alkyl carbamates (subject to hydrolysis) is 1. The van der Waals surface area contributed by atoms with Gasteiger partial charge in [0.15, 0.2) is 0 Å². The third kappa shape index (κ3) is 7.79. The minimum Gasteiger partial charge on any atom is -0.467 e. The van der Waals surface area contributed by atoms with Crippen molar-refractivity contribution in [2.45, 2.75) is 41.9 Å². The van der Waals surface area contributed by atoms with E-state index in [0.717, 1.165) is 31.3 Å². The minimum atomic E-state index is -1.69. The Kier molecular flexibility index (Phi) is 7.63. The van der Waals surface area contributed by atoms with E-state index in [1.807, 2.05) is 0 Å². The molecule has 1 saturated carbocycles. The Labute approximate surface area is 138 Å². The molecular weight excluding hydrogens is 341 g/mol. The molecule has 120 valence electrons. The minimum absolute atomic E-state index is 0.409. The summed E-state index contributed by atoms with van der Waals surface area (Å²) in [6.07, 6.45) is 6.04. The number of ether oxygens (including phenoxy) is 2. The van der Waals surface area contributed by atoms with Gasteiger partial charge in [-0.05, 0) is 25.7 Å². The Hall–Kier alpha value is -0.650. The van der Waals surface area contributed by atoms with Gasteiger partial charge in [0, 0.05) is 0 Å². The largest absolute Gasteiger partial charge is 0.467 e. The third-order valence-corrected chi connectivity index (χ3v) is 3.32. The van der Waals surface area contributed by atoms with E-state index in [-0.39, 0.29) is 0 Å². The Balaban J connectivity index is 2.61. The van der Waals surface area contributed by atoms with Gasteiger partial charge in [0.1, 0.15) is 12.6 Å². The number of methoxy groups -OCH3 is 1. The van der Waals surface area contributed by atoms with Gasteiger partial charge in [-0.25, -0.2) is 9.59 Å². The SMILES string of the molecule is COC(=O)C(C=C1CCCCC1)NC(=O)OCC(Cl)(Cl)Cl. The molecule has 1 rings (SSSR count). The van der Waals surface area contributed by atoms with Crippen LogP contribution in [0.1, 0.15) is 32.1 Å². The zero-order valence-electron chi connectivity index (χ0n) is 11.7. The Bertz CT molecular complexity index is 399. The first-order valence-electron chi connectivity index (χ1n) is 6.59. The van der Waals surface area contributed by atoms with Crippen LogP contribution in [0.3, 0.4) is 0 Å². The molecule has 1 aliphatic carbocycles. The van der Waals surface area contributed by atoms with Crippen molar-refractivity contribution in [2.24, 2.45) is 0 Å². The number of amides is 1. The van der Waals surface area contributed by atoms with Crippen LogP contribution in [0.4, 0.5) is 4.79 Å². The van der Waals surface area contributed by atoms with Crippen molar-refractivity contribution in [2.75, 3.05) is 13.7 Å². The molecule has 1 amide bonds. The molecule has 5 nitrogen and oxygen atoms in total. The molecule has 8 heteroatoms. The molecule has 1 N–H and O–H groups in total. The van der Waals surface area contributed by atoms with Crippen LogP contribution in [0.25, 0.3) is 0 Å². The van der Waals surface area contributed by atoms with E-state index in [0.29, 0.717) is 0 Å².